The lowest BCUT2D eigenvalue weighted by Gasteiger charge is -2.14. The molecule has 1 aliphatic rings. The third-order valence-electron chi connectivity index (χ3n) is 3.95. The van der Waals surface area contributed by atoms with Gasteiger partial charge in [0.2, 0.25) is 0 Å². The predicted octanol–water partition coefficient (Wildman–Crippen LogP) is 5.35. The highest BCUT2D eigenvalue weighted by Crippen LogP contribution is 2.26. The van der Waals surface area contributed by atoms with Gasteiger partial charge in [-0.15, -0.1) is 0 Å². The number of aliphatic imine (C=N–C) groups is 1. The molecule has 1 nitrogen and oxygen atoms in total. The fourth-order valence-electron chi connectivity index (χ4n) is 2.79. The minimum atomic E-state index is 0.0928. The van der Waals surface area contributed by atoms with E-state index in [4.69, 9.17) is 4.99 Å². The Labute approximate surface area is 127 Å². The maximum Gasteiger partial charge on any atom is 0.0999 e. The van der Waals surface area contributed by atoms with Gasteiger partial charge in [-0.2, -0.15) is 0 Å². The van der Waals surface area contributed by atoms with Crippen LogP contribution < -0.4 is 0 Å². The Hall–Kier alpha value is -2.15. The first-order chi connectivity index (χ1) is 10.4. The minimum absolute atomic E-state index is 0.0928. The summed E-state index contributed by atoms with van der Waals surface area (Å²) in [7, 11) is 0. The summed E-state index contributed by atoms with van der Waals surface area (Å²) >= 11 is 0. The minimum Gasteiger partial charge on any atom is -0.280 e. The van der Waals surface area contributed by atoms with Gasteiger partial charge >= 0.3 is 0 Å². The summed E-state index contributed by atoms with van der Waals surface area (Å²) in [5.74, 6) is 0. The van der Waals surface area contributed by atoms with Crippen LogP contribution in [0.15, 0.2) is 77.3 Å². The third kappa shape index (κ3) is 3.69. The Bertz CT molecular complexity index is 571. The molecule has 0 aromatic heterocycles. The number of hydrogen-bond donors (Lipinski definition) is 0. The lowest BCUT2D eigenvalue weighted by atomic mass is 9.98. The second-order valence-corrected chi connectivity index (χ2v) is 5.53. The number of hydrogen-bond acceptors (Lipinski definition) is 1. The summed E-state index contributed by atoms with van der Waals surface area (Å²) in [6.07, 6.45) is 9.39. The molecule has 0 heterocycles. The Balaban J connectivity index is 1.89. The summed E-state index contributed by atoms with van der Waals surface area (Å²) in [6.45, 7) is 0. The molecule has 21 heavy (non-hydrogen) atoms. The topological polar surface area (TPSA) is 12.4 Å². The molecule has 2 aromatic carbocycles. The van der Waals surface area contributed by atoms with Crippen LogP contribution in [0.25, 0.3) is 0 Å². The Kier molecular flexibility index (Phi) is 4.62. The molecule has 0 saturated heterocycles. The van der Waals surface area contributed by atoms with Crippen LogP contribution in [0.4, 0.5) is 0 Å². The van der Waals surface area contributed by atoms with E-state index in [2.05, 4.69) is 73.0 Å². The van der Waals surface area contributed by atoms with Crippen molar-refractivity contribution in [3.05, 3.63) is 83.4 Å². The summed E-state index contributed by atoms with van der Waals surface area (Å²) < 4.78 is 0. The number of benzene rings is 2. The van der Waals surface area contributed by atoms with E-state index in [-0.39, 0.29) is 6.04 Å². The fraction of sp³-hybridized carbons (Fsp3) is 0.250. The van der Waals surface area contributed by atoms with Crippen molar-refractivity contribution in [2.75, 3.05) is 0 Å². The van der Waals surface area contributed by atoms with Crippen LogP contribution in [-0.2, 0) is 0 Å². The molecule has 0 bridgehead atoms. The molecule has 0 saturated carbocycles. The van der Waals surface area contributed by atoms with Gasteiger partial charge in [0.1, 0.15) is 0 Å². The number of rotatable bonds is 4. The van der Waals surface area contributed by atoms with Crippen molar-refractivity contribution in [1.82, 2.24) is 0 Å². The Morgan fingerprint density at radius 2 is 1.43 bits per heavy atom. The van der Waals surface area contributed by atoms with Crippen molar-refractivity contribution in [1.29, 1.82) is 0 Å². The van der Waals surface area contributed by atoms with Crippen LogP contribution in [0.3, 0.4) is 0 Å². The van der Waals surface area contributed by atoms with Crippen molar-refractivity contribution in [2.24, 2.45) is 4.99 Å². The highest BCUT2D eigenvalue weighted by Gasteiger charge is 2.11. The predicted molar refractivity (Wildman–Crippen MR) is 89.8 cm³/mol. The molecular weight excluding hydrogens is 254 g/mol. The molecule has 0 aliphatic heterocycles. The smallest absolute Gasteiger partial charge is 0.0999 e. The van der Waals surface area contributed by atoms with Gasteiger partial charge in [-0.3, -0.25) is 4.99 Å². The molecule has 0 radical (unpaired) electrons. The molecule has 3 rings (SSSR count). The number of allylic oxidation sites excluding steroid dienone is 2. The van der Waals surface area contributed by atoms with E-state index in [0.717, 1.165) is 0 Å². The monoisotopic (exact) mass is 275 g/mol. The van der Waals surface area contributed by atoms with Gasteiger partial charge in [0, 0.05) is 6.21 Å². The van der Waals surface area contributed by atoms with Crippen molar-refractivity contribution < 1.29 is 0 Å². The normalized spacial score (nSPS) is 15.4. The zero-order valence-electron chi connectivity index (χ0n) is 12.3. The van der Waals surface area contributed by atoms with Gasteiger partial charge in [-0.25, -0.2) is 0 Å². The van der Waals surface area contributed by atoms with E-state index in [9.17, 15) is 0 Å². The molecule has 1 aliphatic carbocycles. The van der Waals surface area contributed by atoms with Crippen molar-refractivity contribution >= 4 is 6.21 Å². The molecule has 1 heteroatoms. The zero-order valence-corrected chi connectivity index (χ0v) is 12.3. The molecule has 0 atom stereocenters. The van der Waals surface area contributed by atoms with Crippen LogP contribution in [0.2, 0.25) is 0 Å². The lowest BCUT2D eigenvalue weighted by molar-refractivity contribution is 0.717. The SMILES string of the molecule is C1=C(/C=N/C(c2ccccc2)c2ccccc2)CCCC1. The molecule has 0 amide bonds. The van der Waals surface area contributed by atoms with E-state index in [1.807, 2.05) is 0 Å². The van der Waals surface area contributed by atoms with Crippen LogP contribution in [0.1, 0.15) is 42.9 Å². The Morgan fingerprint density at radius 1 is 0.810 bits per heavy atom. The maximum absolute atomic E-state index is 4.89. The van der Waals surface area contributed by atoms with Gasteiger partial charge in [0.15, 0.2) is 0 Å². The quantitative estimate of drug-likeness (QED) is 0.667. The van der Waals surface area contributed by atoms with E-state index < -0.39 is 0 Å². The summed E-state index contributed by atoms with van der Waals surface area (Å²) in [4.78, 5) is 4.89. The molecule has 2 aromatic rings. The second-order valence-electron chi connectivity index (χ2n) is 5.53. The second kappa shape index (κ2) is 7.03. The van der Waals surface area contributed by atoms with Crippen LogP contribution in [0.5, 0.6) is 0 Å². The first-order valence-corrected chi connectivity index (χ1v) is 7.75. The average molecular weight is 275 g/mol. The molecule has 0 unspecified atom stereocenters. The third-order valence-corrected chi connectivity index (χ3v) is 3.95. The summed E-state index contributed by atoms with van der Waals surface area (Å²) in [5.41, 5.74) is 3.88. The largest absolute Gasteiger partial charge is 0.280 e. The van der Waals surface area contributed by atoms with Crippen molar-refractivity contribution in [3.63, 3.8) is 0 Å². The first-order valence-electron chi connectivity index (χ1n) is 7.75. The van der Waals surface area contributed by atoms with Crippen molar-refractivity contribution in [2.45, 2.75) is 31.7 Å². The lowest BCUT2D eigenvalue weighted by Crippen LogP contribution is -2.00. The standard InChI is InChI=1S/C20H21N/c1-4-10-17(11-5-1)16-21-20(18-12-6-2-7-13-18)19-14-8-3-9-15-19/h2-3,6-10,12-16,20H,1,4-5,11H2/b21-16+. The molecule has 0 spiro atoms. The maximum atomic E-state index is 4.89. The Morgan fingerprint density at radius 3 is 1.95 bits per heavy atom. The molecule has 0 fully saturated rings. The first kappa shape index (κ1) is 13.8. The van der Waals surface area contributed by atoms with Crippen molar-refractivity contribution in [3.8, 4) is 0 Å². The van der Waals surface area contributed by atoms with E-state index in [0.29, 0.717) is 0 Å². The van der Waals surface area contributed by atoms with E-state index >= 15 is 0 Å². The van der Waals surface area contributed by atoms with E-state index in [1.165, 1.54) is 42.4 Å². The summed E-state index contributed by atoms with van der Waals surface area (Å²) in [5, 5.41) is 0. The highest BCUT2D eigenvalue weighted by molar-refractivity contribution is 5.79. The van der Waals surface area contributed by atoms with Gasteiger partial charge in [0.25, 0.3) is 0 Å². The van der Waals surface area contributed by atoms with Gasteiger partial charge in [-0.1, -0.05) is 66.7 Å². The van der Waals surface area contributed by atoms with Crippen LogP contribution in [0, 0.1) is 0 Å². The molecule has 106 valence electrons. The van der Waals surface area contributed by atoms with Crippen LogP contribution in [-0.4, -0.2) is 6.21 Å². The number of nitrogens with zero attached hydrogens (tertiary/aromatic N) is 1. The van der Waals surface area contributed by atoms with Gasteiger partial charge < -0.3 is 0 Å². The van der Waals surface area contributed by atoms with Gasteiger partial charge in [-0.05, 0) is 42.4 Å². The molecule has 0 N–H and O–H groups in total. The van der Waals surface area contributed by atoms with Gasteiger partial charge in [0.05, 0.1) is 6.04 Å². The van der Waals surface area contributed by atoms with Crippen LogP contribution >= 0.6 is 0 Å². The molecular formula is C20H21N. The highest BCUT2D eigenvalue weighted by atomic mass is 14.8. The average Bonchev–Trinajstić information content (AvgIpc) is 2.58. The van der Waals surface area contributed by atoms with E-state index in [1.54, 1.807) is 0 Å². The fourth-order valence-corrected chi connectivity index (χ4v) is 2.79. The summed E-state index contributed by atoms with van der Waals surface area (Å²) in [6, 6.07) is 21.2. The zero-order chi connectivity index (χ0) is 14.3.